The Morgan fingerprint density at radius 1 is 1.25 bits per heavy atom. The Kier molecular flexibility index (Phi) is 4.92. The van der Waals surface area contributed by atoms with Gasteiger partial charge in [-0.25, -0.2) is 0 Å². The number of hydrogen-bond donors (Lipinski definition) is 1. The van der Waals surface area contributed by atoms with Gasteiger partial charge in [0.25, 0.3) is 0 Å². The standard InChI is InChI=1S/C18H16BrClN2O2/c1-11-15(20)3-2-4-16(11)22-10-12(9-17(22)23)18(24)21-14-7-5-13(19)6-8-14/h2-8,12H,9-10H2,1H3,(H,21,24)/t12-/m1/s1. The Morgan fingerprint density at radius 2 is 1.96 bits per heavy atom. The van der Waals surface area contributed by atoms with E-state index in [0.29, 0.717) is 17.3 Å². The number of nitrogens with zero attached hydrogens (tertiary/aromatic N) is 1. The van der Waals surface area contributed by atoms with Gasteiger partial charge in [-0.2, -0.15) is 0 Å². The van der Waals surface area contributed by atoms with Gasteiger partial charge in [-0.15, -0.1) is 0 Å². The molecule has 1 aliphatic rings. The minimum atomic E-state index is -0.375. The number of carbonyl (C=O) groups is 2. The lowest BCUT2D eigenvalue weighted by Crippen LogP contribution is -2.28. The van der Waals surface area contributed by atoms with Crippen LogP contribution in [0.25, 0.3) is 0 Å². The molecule has 0 aliphatic carbocycles. The van der Waals surface area contributed by atoms with Gasteiger partial charge in [-0.05, 0) is 48.9 Å². The first-order valence-electron chi connectivity index (χ1n) is 7.57. The fraction of sp³-hybridized carbons (Fsp3) is 0.222. The van der Waals surface area contributed by atoms with Crippen LogP contribution in [0.2, 0.25) is 5.02 Å². The second-order valence-corrected chi connectivity index (χ2v) is 7.11. The molecule has 0 spiro atoms. The number of benzene rings is 2. The van der Waals surface area contributed by atoms with Crippen molar-refractivity contribution in [3.63, 3.8) is 0 Å². The van der Waals surface area contributed by atoms with Crippen molar-refractivity contribution in [3.05, 3.63) is 57.5 Å². The quantitative estimate of drug-likeness (QED) is 0.819. The van der Waals surface area contributed by atoms with E-state index in [2.05, 4.69) is 21.2 Å². The van der Waals surface area contributed by atoms with Crippen molar-refractivity contribution >= 4 is 50.7 Å². The third-order valence-electron chi connectivity index (χ3n) is 4.14. The molecule has 1 N–H and O–H groups in total. The molecule has 1 heterocycles. The maximum absolute atomic E-state index is 12.4. The number of halogens is 2. The van der Waals surface area contributed by atoms with Crippen molar-refractivity contribution in [1.82, 2.24) is 0 Å². The van der Waals surface area contributed by atoms with E-state index in [1.165, 1.54) is 0 Å². The highest BCUT2D eigenvalue weighted by molar-refractivity contribution is 9.10. The third kappa shape index (κ3) is 3.47. The number of anilines is 2. The SMILES string of the molecule is Cc1c(Cl)cccc1N1C[C@H](C(=O)Nc2ccc(Br)cc2)CC1=O. The summed E-state index contributed by atoms with van der Waals surface area (Å²) in [6, 6.07) is 12.8. The lowest BCUT2D eigenvalue weighted by Gasteiger charge is -2.19. The fourth-order valence-corrected chi connectivity index (χ4v) is 3.22. The van der Waals surface area contributed by atoms with Crippen molar-refractivity contribution in [3.8, 4) is 0 Å². The van der Waals surface area contributed by atoms with Crippen LogP contribution in [0.3, 0.4) is 0 Å². The highest BCUT2D eigenvalue weighted by atomic mass is 79.9. The molecule has 4 nitrogen and oxygen atoms in total. The van der Waals surface area contributed by atoms with Gasteiger partial charge in [0.05, 0.1) is 5.92 Å². The third-order valence-corrected chi connectivity index (χ3v) is 5.08. The molecule has 1 atom stereocenters. The van der Waals surface area contributed by atoms with Crippen LogP contribution in [0.5, 0.6) is 0 Å². The van der Waals surface area contributed by atoms with Gasteiger partial charge in [0.2, 0.25) is 11.8 Å². The zero-order chi connectivity index (χ0) is 17.3. The summed E-state index contributed by atoms with van der Waals surface area (Å²) in [6.45, 7) is 2.24. The normalized spacial score (nSPS) is 17.2. The molecule has 1 saturated heterocycles. The van der Waals surface area contributed by atoms with E-state index in [-0.39, 0.29) is 24.2 Å². The maximum Gasteiger partial charge on any atom is 0.229 e. The van der Waals surface area contributed by atoms with E-state index in [1.807, 2.05) is 43.3 Å². The zero-order valence-corrected chi connectivity index (χ0v) is 15.4. The molecule has 0 unspecified atom stereocenters. The Labute approximate surface area is 153 Å². The van der Waals surface area contributed by atoms with E-state index in [0.717, 1.165) is 15.7 Å². The van der Waals surface area contributed by atoms with Crippen LogP contribution in [0.4, 0.5) is 11.4 Å². The predicted octanol–water partition coefficient (Wildman–Crippen LogP) is 4.40. The Hall–Kier alpha value is -1.85. The molecule has 0 saturated carbocycles. The molecule has 6 heteroatoms. The Balaban J connectivity index is 1.73. The molecule has 0 radical (unpaired) electrons. The van der Waals surface area contributed by atoms with Crippen LogP contribution in [-0.2, 0) is 9.59 Å². The van der Waals surface area contributed by atoms with Crippen LogP contribution >= 0.6 is 27.5 Å². The summed E-state index contributed by atoms with van der Waals surface area (Å²) >= 11 is 9.50. The average molecular weight is 408 g/mol. The van der Waals surface area contributed by atoms with Crippen molar-refractivity contribution < 1.29 is 9.59 Å². The summed E-state index contributed by atoms with van der Waals surface area (Å²) in [7, 11) is 0. The lowest BCUT2D eigenvalue weighted by atomic mass is 10.1. The Bertz CT molecular complexity index is 792. The summed E-state index contributed by atoms with van der Waals surface area (Å²) in [6.07, 6.45) is 0.203. The van der Waals surface area contributed by atoms with Gasteiger partial charge in [0.15, 0.2) is 0 Å². The molecule has 1 aliphatic heterocycles. The molecule has 0 aromatic heterocycles. The van der Waals surface area contributed by atoms with Gasteiger partial charge in [0.1, 0.15) is 0 Å². The average Bonchev–Trinajstić information content (AvgIpc) is 2.94. The van der Waals surface area contributed by atoms with Crippen LogP contribution in [0, 0.1) is 12.8 Å². The van der Waals surface area contributed by atoms with E-state index in [9.17, 15) is 9.59 Å². The minimum absolute atomic E-state index is 0.0590. The number of rotatable bonds is 3. The van der Waals surface area contributed by atoms with Crippen LogP contribution < -0.4 is 10.2 Å². The molecule has 2 amide bonds. The van der Waals surface area contributed by atoms with Gasteiger partial charge < -0.3 is 10.2 Å². The number of hydrogen-bond acceptors (Lipinski definition) is 2. The lowest BCUT2D eigenvalue weighted by molar-refractivity contribution is -0.122. The maximum atomic E-state index is 12.4. The summed E-state index contributed by atoms with van der Waals surface area (Å²) in [5.74, 6) is -0.580. The molecule has 24 heavy (non-hydrogen) atoms. The smallest absolute Gasteiger partial charge is 0.229 e. The van der Waals surface area contributed by atoms with Crippen molar-refractivity contribution in [2.45, 2.75) is 13.3 Å². The van der Waals surface area contributed by atoms with Gasteiger partial charge >= 0.3 is 0 Å². The monoisotopic (exact) mass is 406 g/mol. The first kappa shape index (κ1) is 17.0. The summed E-state index contributed by atoms with van der Waals surface area (Å²) < 4.78 is 0.944. The molecular formula is C18H16BrClN2O2. The van der Waals surface area contributed by atoms with Crippen molar-refractivity contribution in [2.75, 3.05) is 16.8 Å². The number of carbonyl (C=O) groups excluding carboxylic acids is 2. The predicted molar refractivity (Wildman–Crippen MR) is 99.4 cm³/mol. The van der Waals surface area contributed by atoms with Crippen LogP contribution in [-0.4, -0.2) is 18.4 Å². The topological polar surface area (TPSA) is 49.4 Å². The fourth-order valence-electron chi connectivity index (χ4n) is 2.78. The summed E-state index contributed by atoms with van der Waals surface area (Å²) in [5.41, 5.74) is 2.33. The minimum Gasteiger partial charge on any atom is -0.326 e. The van der Waals surface area contributed by atoms with E-state index >= 15 is 0 Å². The van der Waals surface area contributed by atoms with E-state index < -0.39 is 0 Å². The van der Waals surface area contributed by atoms with Crippen molar-refractivity contribution in [1.29, 1.82) is 0 Å². The second-order valence-electron chi connectivity index (χ2n) is 5.79. The van der Waals surface area contributed by atoms with Gasteiger partial charge in [-0.3, -0.25) is 9.59 Å². The van der Waals surface area contributed by atoms with Crippen LogP contribution in [0.1, 0.15) is 12.0 Å². The van der Waals surface area contributed by atoms with E-state index in [4.69, 9.17) is 11.6 Å². The highest BCUT2D eigenvalue weighted by Gasteiger charge is 2.35. The molecule has 124 valence electrons. The molecule has 2 aromatic carbocycles. The number of nitrogens with one attached hydrogen (secondary N) is 1. The Morgan fingerprint density at radius 3 is 2.67 bits per heavy atom. The molecule has 3 rings (SSSR count). The summed E-state index contributed by atoms with van der Waals surface area (Å²) in [5, 5.41) is 3.48. The molecule has 2 aromatic rings. The van der Waals surface area contributed by atoms with Gasteiger partial charge in [-0.1, -0.05) is 33.6 Å². The highest BCUT2D eigenvalue weighted by Crippen LogP contribution is 2.31. The molecule has 0 bridgehead atoms. The first-order chi connectivity index (χ1) is 11.5. The first-order valence-corrected chi connectivity index (χ1v) is 8.74. The largest absolute Gasteiger partial charge is 0.326 e. The van der Waals surface area contributed by atoms with Crippen LogP contribution in [0.15, 0.2) is 46.9 Å². The number of amides is 2. The zero-order valence-electron chi connectivity index (χ0n) is 13.1. The summed E-state index contributed by atoms with van der Waals surface area (Å²) in [4.78, 5) is 26.4. The van der Waals surface area contributed by atoms with E-state index in [1.54, 1.807) is 11.0 Å². The molecular weight excluding hydrogens is 392 g/mol. The second kappa shape index (κ2) is 6.95. The molecule has 1 fully saturated rings. The van der Waals surface area contributed by atoms with Gasteiger partial charge in [0, 0.05) is 33.8 Å². The van der Waals surface area contributed by atoms with Crippen molar-refractivity contribution in [2.24, 2.45) is 5.92 Å².